The van der Waals surface area contributed by atoms with E-state index in [-0.39, 0.29) is 23.4 Å². The van der Waals surface area contributed by atoms with Gasteiger partial charge in [0.25, 0.3) is 5.56 Å². The van der Waals surface area contributed by atoms with Crippen molar-refractivity contribution < 1.29 is 9.50 Å². The molecular weight excluding hydrogens is 427 g/mol. The normalized spacial score (nSPS) is 17.8. The van der Waals surface area contributed by atoms with Gasteiger partial charge in [-0.2, -0.15) is 0 Å². The third-order valence-corrected chi connectivity index (χ3v) is 7.56. The van der Waals surface area contributed by atoms with Crippen LogP contribution >= 0.6 is 11.3 Å². The second kappa shape index (κ2) is 9.29. The van der Waals surface area contributed by atoms with Crippen LogP contribution in [-0.2, 0) is 6.42 Å². The minimum Gasteiger partial charge on any atom is -0.393 e. The zero-order valence-corrected chi connectivity index (χ0v) is 19.9. The van der Waals surface area contributed by atoms with Crippen molar-refractivity contribution in [1.82, 2.24) is 14.5 Å². The van der Waals surface area contributed by atoms with Crippen molar-refractivity contribution in [3.05, 3.63) is 51.6 Å². The Kier molecular flexibility index (Phi) is 6.65. The van der Waals surface area contributed by atoms with Crippen LogP contribution in [0.15, 0.2) is 35.4 Å². The molecule has 32 heavy (non-hydrogen) atoms. The summed E-state index contributed by atoms with van der Waals surface area (Å²) in [4.78, 5) is 22.8. The second-order valence-corrected chi connectivity index (χ2v) is 10.3. The van der Waals surface area contributed by atoms with Crippen molar-refractivity contribution >= 4 is 27.2 Å². The lowest BCUT2D eigenvalue weighted by molar-refractivity contribution is 0.117. The highest BCUT2D eigenvalue weighted by atomic mass is 32.1. The molecule has 3 aromatic rings. The molecule has 0 spiro atoms. The molecule has 1 aliphatic heterocycles. The third-order valence-electron chi connectivity index (χ3n) is 6.39. The lowest BCUT2D eigenvalue weighted by atomic mass is 10.0. The van der Waals surface area contributed by atoms with E-state index in [1.54, 1.807) is 12.1 Å². The molecule has 2 aromatic heterocycles. The van der Waals surface area contributed by atoms with E-state index in [0.717, 1.165) is 24.4 Å². The van der Waals surface area contributed by atoms with E-state index in [9.17, 15) is 14.3 Å². The number of aryl methyl sites for hydroxylation is 1. The number of nitrogens with zero attached hydrogens (tertiary/aromatic N) is 4. The quantitative estimate of drug-likeness (QED) is 0.585. The number of anilines is 1. The van der Waals surface area contributed by atoms with Gasteiger partial charge in [-0.25, -0.2) is 9.37 Å². The fourth-order valence-corrected chi connectivity index (χ4v) is 5.23. The predicted octanol–water partition coefficient (Wildman–Crippen LogP) is 3.68. The first-order chi connectivity index (χ1) is 15.2. The third kappa shape index (κ3) is 4.58. The Morgan fingerprint density at radius 3 is 2.75 bits per heavy atom. The van der Waals surface area contributed by atoms with Crippen LogP contribution in [-0.4, -0.2) is 58.9 Å². The van der Waals surface area contributed by atoms with Gasteiger partial charge in [-0.1, -0.05) is 13.8 Å². The minimum atomic E-state index is -0.366. The number of hydrogen-bond acceptors (Lipinski definition) is 6. The summed E-state index contributed by atoms with van der Waals surface area (Å²) >= 11 is 1.40. The first kappa shape index (κ1) is 22.9. The number of rotatable bonds is 7. The van der Waals surface area contributed by atoms with E-state index >= 15 is 0 Å². The average molecular weight is 459 g/mol. The predicted molar refractivity (Wildman–Crippen MR) is 129 cm³/mol. The maximum atomic E-state index is 15.0. The number of halogens is 1. The summed E-state index contributed by atoms with van der Waals surface area (Å²) in [6, 6.07) is 7.28. The molecule has 8 heteroatoms. The molecule has 4 rings (SSSR count). The first-order valence-corrected chi connectivity index (χ1v) is 12.0. The molecule has 6 nitrogen and oxygen atoms in total. The highest BCUT2D eigenvalue weighted by Crippen LogP contribution is 2.28. The van der Waals surface area contributed by atoms with Crippen LogP contribution in [0.5, 0.6) is 0 Å². The number of hydrogen-bond donors (Lipinski definition) is 1. The summed E-state index contributed by atoms with van der Waals surface area (Å²) in [5.74, 6) is -0.129. The van der Waals surface area contributed by atoms with Crippen molar-refractivity contribution in [3.63, 3.8) is 0 Å². The molecule has 2 atom stereocenters. The second-order valence-electron chi connectivity index (χ2n) is 9.18. The SMILES string of the molecule is CC(C)C(O)CCc1cc2ncn(-c3ccc(N4CCC(N(C)C)C4)c(F)c3)c(=O)c2s1. The molecule has 0 amide bonds. The fourth-order valence-electron chi connectivity index (χ4n) is 4.18. The molecule has 1 fully saturated rings. The standard InChI is InChI=1S/C24H31FN4O2S/c1-15(2)22(30)8-6-18-12-20-23(32-18)24(31)29(14-26-20)16-5-7-21(19(25)11-16)28-10-9-17(13-28)27(3)4/h5,7,11-12,14-15,17,22,30H,6,8-10,13H2,1-4H3. The molecule has 1 saturated heterocycles. The Labute approximate surface area is 191 Å². The van der Waals surface area contributed by atoms with Gasteiger partial charge in [0.1, 0.15) is 16.8 Å². The van der Waals surface area contributed by atoms with Crippen molar-refractivity contribution in [3.8, 4) is 5.69 Å². The Bertz CT molecular complexity index is 1160. The van der Waals surface area contributed by atoms with Gasteiger partial charge in [0.2, 0.25) is 0 Å². The number of aromatic nitrogens is 2. The smallest absolute Gasteiger partial charge is 0.275 e. The van der Waals surface area contributed by atoms with Gasteiger partial charge < -0.3 is 14.9 Å². The van der Waals surface area contributed by atoms with Crippen molar-refractivity contribution in [2.45, 2.75) is 45.3 Å². The molecule has 2 unspecified atom stereocenters. The molecule has 1 aromatic carbocycles. The Morgan fingerprint density at radius 1 is 1.31 bits per heavy atom. The fraction of sp³-hybridized carbons (Fsp3) is 0.500. The average Bonchev–Trinajstić information content (AvgIpc) is 3.40. The van der Waals surface area contributed by atoms with Crippen molar-refractivity contribution in [2.24, 2.45) is 5.92 Å². The number of benzene rings is 1. The zero-order valence-electron chi connectivity index (χ0n) is 19.1. The topological polar surface area (TPSA) is 61.6 Å². The van der Waals surface area contributed by atoms with Gasteiger partial charge in [0.15, 0.2) is 0 Å². The highest BCUT2D eigenvalue weighted by Gasteiger charge is 2.26. The summed E-state index contributed by atoms with van der Waals surface area (Å²) in [6.07, 6.45) is 3.46. The lowest BCUT2D eigenvalue weighted by Crippen LogP contribution is -2.31. The monoisotopic (exact) mass is 458 g/mol. The van der Waals surface area contributed by atoms with E-state index < -0.39 is 0 Å². The largest absolute Gasteiger partial charge is 0.393 e. The summed E-state index contributed by atoms with van der Waals surface area (Å²) < 4.78 is 17.0. The first-order valence-electron chi connectivity index (χ1n) is 11.1. The van der Waals surface area contributed by atoms with Crippen molar-refractivity contribution in [1.29, 1.82) is 0 Å². The molecule has 172 valence electrons. The summed E-state index contributed by atoms with van der Waals surface area (Å²) in [5, 5.41) is 10.1. The maximum absolute atomic E-state index is 15.0. The molecule has 0 saturated carbocycles. The van der Waals surface area contributed by atoms with Crippen LogP contribution in [0.1, 0.15) is 31.6 Å². The summed E-state index contributed by atoms with van der Waals surface area (Å²) in [5.41, 5.74) is 1.49. The van der Waals surface area contributed by atoms with Gasteiger partial charge in [0, 0.05) is 30.1 Å². The van der Waals surface area contributed by atoms with Gasteiger partial charge in [-0.15, -0.1) is 11.3 Å². The van der Waals surface area contributed by atoms with E-state index in [1.807, 2.05) is 34.0 Å². The summed E-state index contributed by atoms with van der Waals surface area (Å²) in [7, 11) is 4.09. The maximum Gasteiger partial charge on any atom is 0.275 e. The number of likely N-dealkylation sites (N-methyl/N-ethyl adjacent to an activating group) is 1. The molecule has 3 heterocycles. The number of aliphatic hydroxyl groups excluding tert-OH is 1. The van der Waals surface area contributed by atoms with Gasteiger partial charge in [-0.05, 0) is 57.5 Å². The number of aliphatic hydroxyl groups is 1. The Balaban J connectivity index is 1.57. The van der Waals surface area contributed by atoms with Crippen LogP contribution in [0.3, 0.4) is 0 Å². The van der Waals surface area contributed by atoms with E-state index in [2.05, 4.69) is 14.8 Å². The van der Waals surface area contributed by atoms with E-state index in [1.165, 1.54) is 28.3 Å². The Morgan fingerprint density at radius 2 is 2.09 bits per heavy atom. The number of thiophene rings is 1. The van der Waals surface area contributed by atoms with Gasteiger partial charge >= 0.3 is 0 Å². The van der Waals surface area contributed by atoms with Crippen LogP contribution in [0.2, 0.25) is 0 Å². The van der Waals surface area contributed by atoms with Crippen LogP contribution in [0, 0.1) is 11.7 Å². The van der Waals surface area contributed by atoms with Gasteiger partial charge in [-0.3, -0.25) is 9.36 Å². The number of fused-ring (bicyclic) bond motifs is 1. The lowest BCUT2D eigenvalue weighted by Gasteiger charge is -2.22. The van der Waals surface area contributed by atoms with Crippen molar-refractivity contribution in [2.75, 3.05) is 32.1 Å². The molecule has 0 bridgehead atoms. The molecule has 1 aliphatic rings. The van der Waals surface area contributed by atoms with E-state index in [0.29, 0.717) is 40.5 Å². The van der Waals surface area contributed by atoms with Crippen LogP contribution < -0.4 is 10.5 Å². The minimum absolute atomic E-state index is 0.198. The van der Waals surface area contributed by atoms with Gasteiger partial charge in [0.05, 0.1) is 23.0 Å². The van der Waals surface area contributed by atoms with Crippen LogP contribution in [0.25, 0.3) is 15.9 Å². The molecule has 1 N–H and O–H groups in total. The van der Waals surface area contributed by atoms with E-state index in [4.69, 9.17) is 0 Å². The summed E-state index contributed by atoms with van der Waals surface area (Å²) in [6.45, 7) is 5.59. The Hall–Kier alpha value is -2.29. The molecule has 0 aliphatic carbocycles. The highest BCUT2D eigenvalue weighted by molar-refractivity contribution is 7.18. The zero-order chi connectivity index (χ0) is 23.0. The van der Waals surface area contributed by atoms with Crippen LogP contribution in [0.4, 0.5) is 10.1 Å². The molecular formula is C24H31FN4O2S. The molecule has 0 radical (unpaired) electrons.